The molecule has 6 heteroatoms. The lowest BCUT2D eigenvalue weighted by atomic mass is 10.2. The molecule has 1 N–H and O–H groups in total. The van der Waals surface area contributed by atoms with Crippen LogP contribution in [0.25, 0.3) is 0 Å². The predicted molar refractivity (Wildman–Crippen MR) is 112 cm³/mol. The van der Waals surface area contributed by atoms with Gasteiger partial charge in [0.15, 0.2) is 0 Å². The van der Waals surface area contributed by atoms with Gasteiger partial charge in [0, 0.05) is 39.9 Å². The monoisotopic (exact) mass is 452 g/mol. The highest BCUT2D eigenvalue weighted by Gasteiger charge is 2.07. The summed E-state index contributed by atoms with van der Waals surface area (Å²) in [7, 11) is 0. The van der Waals surface area contributed by atoms with Gasteiger partial charge in [-0.15, -0.1) is 12.4 Å². The molecule has 0 spiro atoms. The summed E-state index contributed by atoms with van der Waals surface area (Å²) in [5.74, 6) is 0.844. The van der Waals surface area contributed by atoms with Gasteiger partial charge >= 0.3 is 0 Å². The van der Waals surface area contributed by atoms with Gasteiger partial charge in [-0.2, -0.15) is 0 Å². The Kier molecular flexibility index (Phi) is 8.39. The molecular formula is C20H19BrCl2N2O. The standard InChI is InChI=1S/C20H18BrClN2O.ClH/c21-17-8-9-20(25-14-15-5-1-2-7-19(15)22)16(11-17)12-23-13-18-6-3-4-10-24-18;/h1-11,23H,12-14H2;1H. The van der Waals surface area contributed by atoms with Crippen LogP contribution in [0.15, 0.2) is 71.3 Å². The fourth-order valence-corrected chi connectivity index (χ4v) is 3.02. The smallest absolute Gasteiger partial charge is 0.124 e. The molecule has 0 radical (unpaired) electrons. The average Bonchev–Trinajstić information content (AvgIpc) is 2.63. The quantitative estimate of drug-likeness (QED) is 0.491. The van der Waals surface area contributed by atoms with Gasteiger partial charge < -0.3 is 10.1 Å². The second kappa shape index (κ2) is 10.5. The zero-order valence-electron chi connectivity index (χ0n) is 14.0. The zero-order valence-corrected chi connectivity index (χ0v) is 17.2. The van der Waals surface area contributed by atoms with E-state index in [1.165, 1.54) is 0 Å². The molecule has 3 rings (SSSR count). The van der Waals surface area contributed by atoms with Crippen LogP contribution in [0.3, 0.4) is 0 Å². The van der Waals surface area contributed by atoms with Crippen molar-refractivity contribution < 1.29 is 4.74 Å². The second-order valence-electron chi connectivity index (χ2n) is 5.56. The average molecular weight is 454 g/mol. The number of halogens is 3. The molecule has 1 aromatic heterocycles. The third-order valence-electron chi connectivity index (χ3n) is 3.71. The molecular weight excluding hydrogens is 435 g/mol. The molecule has 0 saturated carbocycles. The Bertz CT molecular complexity index is 831. The first-order chi connectivity index (χ1) is 12.2. The van der Waals surface area contributed by atoms with Crippen LogP contribution >= 0.6 is 39.9 Å². The zero-order chi connectivity index (χ0) is 17.5. The molecule has 0 amide bonds. The van der Waals surface area contributed by atoms with Gasteiger partial charge in [0.05, 0.1) is 5.69 Å². The van der Waals surface area contributed by atoms with E-state index in [1.807, 2.05) is 54.6 Å². The highest BCUT2D eigenvalue weighted by Crippen LogP contribution is 2.25. The van der Waals surface area contributed by atoms with E-state index in [1.54, 1.807) is 6.20 Å². The topological polar surface area (TPSA) is 34.1 Å². The molecule has 26 heavy (non-hydrogen) atoms. The lowest BCUT2D eigenvalue weighted by Gasteiger charge is -2.13. The van der Waals surface area contributed by atoms with Crippen LogP contribution in [-0.4, -0.2) is 4.98 Å². The van der Waals surface area contributed by atoms with Crippen LogP contribution < -0.4 is 10.1 Å². The van der Waals surface area contributed by atoms with E-state index in [0.29, 0.717) is 19.7 Å². The lowest BCUT2D eigenvalue weighted by molar-refractivity contribution is 0.302. The summed E-state index contributed by atoms with van der Waals surface area (Å²) in [6, 6.07) is 19.6. The number of aromatic nitrogens is 1. The van der Waals surface area contributed by atoms with Crippen LogP contribution in [0.1, 0.15) is 16.8 Å². The highest BCUT2D eigenvalue weighted by molar-refractivity contribution is 9.10. The molecule has 3 aromatic rings. The maximum Gasteiger partial charge on any atom is 0.124 e. The number of nitrogens with zero attached hydrogens (tertiary/aromatic N) is 1. The first kappa shape index (κ1) is 20.7. The van der Waals surface area contributed by atoms with Crippen LogP contribution in [-0.2, 0) is 19.7 Å². The van der Waals surface area contributed by atoms with Crippen molar-refractivity contribution in [2.24, 2.45) is 0 Å². The van der Waals surface area contributed by atoms with Gasteiger partial charge in [-0.05, 0) is 36.4 Å². The van der Waals surface area contributed by atoms with E-state index in [9.17, 15) is 0 Å². The summed E-state index contributed by atoms with van der Waals surface area (Å²) < 4.78 is 7.02. The van der Waals surface area contributed by atoms with Crippen molar-refractivity contribution in [3.63, 3.8) is 0 Å². The molecule has 0 aliphatic rings. The number of hydrogen-bond acceptors (Lipinski definition) is 3. The minimum absolute atomic E-state index is 0. The second-order valence-corrected chi connectivity index (χ2v) is 6.88. The number of benzene rings is 2. The van der Waals surface area contributed by atoms with Crippen LogP contribution in [0.5, 0.6) is 5.75 Å². The lowest BCUT2D eigenvalue weighted by Crippen LogP contribution is -2.14. The summed E-state index contributed by atoms with van der Waals surface area (Å²) >= 11 is 9.72. The number of pyridine rings is 1. The Morgan fingerprint density at radius 2 is 1.77 bits per heavy atom. The van der Waals surface area contributed by atoms with Crippen molar-refractivity contribution in [2.45, 2.75) is 19.7 Å². The predicted octanol–water partition coefficient (Wildman–Crippen LogP) is 5.79. The molecule has 0 aliphatic heterocycles. The van der Waals surface area contributed by atoms with Gasteiger partial charge in [0.25, 0.3) is 0 Å². The molecule has 3 nitrogen and oxygen atoms in total. The van der Waals surface area contributed by atoms with Crippen molar-refractivity contribution in [3.8, 4) is 5.75 Å². The minimum atomic E-state index is 0. The first-order valence-corrected chi connectivity index (χ1v) is 9.15. The van der Waals surface area contributed by atoms with Gasteiger partial charge in [-0.1, -0.05) is 51.8 Å². The number of rotatable bonds is 7. The van der Waals surface area contributed by atoms with Crippen LogP contribution in [0, 0.1) is 0 Å². The SMILES string of the molecule is Cl.Clc1ccccc1COc1ccc(Br)cc1CNCc1ccccn1. The molecule has 0 saturated heterocycles. The maximum atomic E-state index is 6.20. The molecule has 0 atom stereocenters. The summed E-state index contributed by atoms with van der Waals surface area (Å²) in [5.41, 5.74) is 3.06. The van der Waals surface area contributed by atoms with Crippen LogP contribution in [0.4, 0.5) is 0 Å². The Hall–Kier alpha value is -1.59. The van der Waals surface area contributed by atoms with Gasteiger partial charge in [-0.25, -0.2) is 0 Å². The molecule has 0 bridgehead atoms. The van der Waals surface area contributed by atoms with E-state index in [4.69, 9.17) is 16.3 Å². The normalized spacial score (nSPS) is 10.2. The summed E-state index contributed by atoms with van der Waals surface area (Å²) in [4.78, 5) is 4.32. The molecule has 0 aliphatic carbocycles. The first-order valence-electron chi connectivity index (χ1n) is 7.97. The van der Waals surface area contributed by atoms with Crippen molar-refractivity contribution in [2.75, 3.05) is 0 Å². The highest BCUT2D eigenvalue weighted by atomic mass is 79.9. The van der Waals surface area contributed by atoms with Gasteiger partial charge in [0.2, 0.25) is 0 Å². The van der Waals surface area contributed by atoms with Crippen molar-refractivity contribution in [1.82, 2.24) is 10.3 Å². The Morgan fingerprint density at radius 1 is 0.962 bits per heavy atom. The molecule has 0 fully saturated rings. The molecule has 1 heterocycles. The van der Waals surface area contributed by atoms with Crippen molar-refractivity contribution in [3.05, 3.63) is 93.2 Å². The van der Waals surface area contributed by atoms with E-state index < -0.39 is 0 Å². The van der Waals surface area contributed by atoms with Crippen molar-refractivity contribution in [1.29, 1.82) is 0 Å². The molecule has 136 valence electrons. The fraction of sp³-hybridized carbons (Fsp3) is 0.150. The van der Waals surface area contributed by atoms with E-state index >= 15 is 0 Å². The minimum Gasteiger partial charge on any atom is -0.489 e. The largest absolute Gasteiger partial charge is 0.489 e. The maximum absolute atomic E-state index is 6.20. The Morgan fingerprint density at radius 3 is 2.54 bits per heavy atom. The van der Waals surface area contributed by atoms with E-state index in [0.717, 1.165) is 32.1 Å². The Balaban J connectivity index is 0.00000243. The van der Waals surface area contributed by atoms with Gasteiger partial charge in [0.1, 0.15) is 12.4 Å². The Labute approximate surface area is 173 Å². The van der Waals surface area contributed by atoms with E-state index in [2.05, 4.69) is 32.3 Å². The van der Waals surface area contributed by atoms with Gasteiger partial charge in [-0.3, -0.25) is 4.98 Å². The number of hydrogen-bond donors (Lipinski definition) is 1. The number of nitrogens with one attached hydrogen (secondary N) is 1. The summed E-state index contributed by atoms with van der Waals surface area (Å²) in [5, 5.41) is 4.12. The third kappa shape index (κ3) is 5.99. The summed E-state index contributed by atoms with van der Waals surface area (Å²) in [6.45, 7) is 1.83. The van der Waals surface area contributed by atoms with E-state index in [-0.39, 0.29) is 12.4 Å². The molecule has 2 aromatic carbocycles. The van der Waals surface area contributed by atoms with Crippen molar-refractivity contribution >= 4 is 39.9 Å². The summed E-state index contributed by atoms with van der Waals surface area (Å²) in [6.07, 6.45) is 1.80. The third-order valence-corrected chi connectivity index (χ3v) is 4.57. The van der Waals surface area contributed by atoms with Crippen LogP contribution in [0.2, 0.25) is 5.02 Å². The molecule has 0 unspecified atom stereocenters. The number of ether oxygens (including phenoxy) is 1. The fourth-order valence-electron chi connectivity index (χ4n) is 2.43.